The Morgan fingerprint density at radius 3 is 2.92 bits per heavy atom. The normalized spacial score (nSPS) is 9.83. The Bertz CT molecular complexity index is 240. The molecule has 0 aromatic carbocycles. The van der Waals surface area contributed by atoms with Crippen molar-refractivity contribution in [2.45, 2.75) is 6.92 Å². The smallest absolute Gasteiger partial charge is 0.216 e. The topological polar surface area (TPSA) is 44.2 Å². The predicted molar refractivity (Wildman–Crippen MR) is 44.1 cm³/mol. The fraction of sp³-hybridized carbons (Fsp3) is 0.500. The number of hydrogen-bond donors (Lipinski definition) is 0. The molecule has 0 fully saturated rings. The van der Waals surface area contributed by atoms with E-state index in [2.05, 4.69) is 9.97 Å². The summed E-state index contributed by atoms with van der Waals surface area (Å²) >= 11 is 0. The van der Waals surface area contributed by atoms with Crippen LogP contribution in [0.5, 0.6) is 5.88 Å². The summed E-state index contributed by atoms with van der Waals surface area (Å²) in [5.41, 5.74) is 0. The van der Waals surface area contributed by atoms with Crippen molar-refractivity contribution in [3.8, 4) is 5.88 Å². The number of hydrogen-bond acceptors (Lipinski definition) is 4. The molecule has 12 heavy (non-hydrogen) atoms. The Morgan fingerprint density at radius 1 is 1.42 bits per heavy atom. The zero-order valence-corrected chi connectivity index (χ0v) is 7.28. The minimum atomic E-state index is 0.521. The van der Waals surface area contributed by atoms with Gasteiger partial charge in [0.05, 0.1) is 6.61 Å². The lowest BCUT2D eigenvalue weighted by Gasteiger charge is -2.03. The van der Waals surface area contributed by atoms with E-state index in [0.29, 0.717) is 24.9 Å². The molecule has 0 aliphatic heterocycles. The molecule has 1 aromatic heterocycles. The third-order valence-electron chi connectivity index (χ3n) is 1.29. The first-order chi connectivity index (χ1) is 5.83. The van der Waals surface area contributed by atoms with Crippen molar-refractivity contribution >= 4 is 0 Å². The van der Waals surface area contributed by atoms with Crippen LogP contribution < -0.4 is 4.74 Å². The third kappa shape index (κ3) is 2.84. The van der Waals surface area contributed by atoms with E-state index >= 15 is 0 Å². The Hall–Kier alpha value is -1.16. The van der Waals surface area contributed by atoms with E-state index in [1.165, 1.54) is 0 Å². The largest absolute Gasteiger partial charge is 0.475 e. The van der Waals surface area contributed by atoms with Crippen LogP contribution in [0.3, 0.4) is 0 Å². The van der Waals surface area contributed by atoms with Gasteiger partial charge >= 0.3 is 0 Å². The van der Waals surface area contributed by atoms with E-state index in [1.807, 2.05) is 6.92 Å². The zero-order chi connectivity index (χ0) is 8.81. The number of rotatable bonds is 4. The highest BCUT2D eigenvalue weighted by Gasteiger charge is 1.94. The molecule has 66 valence electrons. The lowest BCUT2D eigenvalue weighted by atomic mass is 10.6. The maximum absolute atomic E-state index is 5.25. The zero-order valence-electron chi connectivity index (χ0n) is 7.28. The average Bonchev–Trinajstić information content (AvgIpc) is 2.05. The van der Waals surface area contributed by atoms with Crippen molar-refractivity contribution in [1.29, 1.82) is 0 Å². The Balaban J connectivity index is 2.41. The molecule has 1 heterocycles. The second kappa shape index (κ2) is 4.66. The standard InChI is InChI=1S/C8H12N2O2/c1-7-9-4-3-8(10-7)12-6-5-11-2/h3-4H,5-6H2,1-2H3. The third-order valence-corrected chi connectivity index (χ3v) is 1.29. The van der Waals surface area contributed by atoms with Gasteiger partial charge < -0.3 is 9.47 Å². The molecule has 0 amide bonds. The van der Waals surface area contributed by atoms with Gasteiger partial charge in [0.2, 0.25) is 5.88 Å². The molecule has 0 unspecified atom stereocenters. The van der Waals surface area contributed by atoms with Crippen LogP contribution in [0, 0.1) is 6.92 Å². The Kier molecular flexibility index (Phi) is 3.47. The maximum Gasteiger partial charge on any atom is 0.216 e. The second-order valence-electron chi connectivity index (χ2n) is 2.28. The van der Waals surface area contributed by atoms with Crippen LogP contribution in [0.15, 0.2) is 12.3 Å². The molecule has 0 atom stereocenters. The summed E-state index contributed by atoms with van der Waals surface area (Å²) in [5, 5.41) is 0. The van der Waals surface area contributed by atoms with Crippen molar-refractivity contribution in [3.05, 3.63) is 18.1 Å². The van der Waals surface area contributed by atoms with Gasteiger partial charge in [0, 0.05) is 19.4 Å². The molecule has 4 nitrogen and oxygen atoms in total. The van der Waals surface area contributed by atoms with Crippen molar-refractivity contribution in [2.24, 2.45) is 0 Å². The SMILES string of the molecule is COCCOc1ccnc(C)n1. The maximum atomic E-state index is 5.25. The van der Waals surface area contributed by atoms with Crippen molar-refractivity contribution in [2.75, 3.05) is 20.3 Å². The quantitative estimate of drug-likeness (QED) is 0.624. The van der Waals surface area contributed by atoms with Crippen LogP contribution in [0.1, 0.15) is 5.82 Å². The van der Waals surface area contributed by atoms with Crippen LogP contribution in [0.25, 0.3) is 0 Å². The van der Waals surface area contributed by atoms with Crippen LogP contribution in [-0.4, -0.2) is 30.3 Å². The number of ether oxygens (including phenoxy) is 2. The van der Waals surface area contributed by atoms with Gasteiger partial charge in [-0.2, -0.15) is 4.98 Å². The molecule has 1 rings (SSSR count). The Morgan fingerprint density at radius 2 is 2.25 bits per heavy atom. The summed E-state index contributed by atoms with van der Waals surface area (Å²) in [6.07, 6.45) is 1.67. The summed E-state index contributed by atoms with van der Waals surface area (Å²) in [6, 6.07) is 1.72. The molecule has 0 aliphatic carbocycles. The predicted octanol–water partition coefficient (Wildman–Crippen LogP) is 0.810. The molecule has 0 aliphatic rings. The van der Waals surface area contributed by atoms with Crippen molar-refractivity contribution < 1.29 is 9.47 Å². The number of nitrogens with zero attached hydrogens (tertiary/aromatic N) is 2. The number of methoxy groups -OCH3 is 1. The molecule has 0 radical (unpaired) electrons. The van der Waals surface area contributed by atoms with Crippen molar-refractivity contribution in [1.82, 2.24) is 9.97 Å². The van der Waals surface area contributed by atoms with Gasteiger partial charge in [0.1, 0.15) is 12.4 Å². The lowest BCUT2D eigenvalue weighted by molar-refractivity contribution is 0.143. The first-order valence-corrected chi connectivity index (χ1v) is 3.74. The molecule has 0 N–H and O–H groups in total. The second-order valence-corrected chi connectivity index (χ2v) is 2.28. The van der Waals surface area contributed by atoms with E-state index in [1.54, 1.807) is 19.4 Å². The summed E-state index contributed by atoms with van der Waals surface area (Å²) < 4.78 is 10.1. The molecule has 0 bridgehead atoms. The van der Waals surface area contributed by atoms with Gasteiger partial charge in [-0.05, 0) is 6.92 Å². The highest BCUT2D eigenvalue weighted by Crippen LogP contribution is 2.03. The van der Waals surface area contributed by atoms with E-state index in [9.17, 15) is 0 Å². The molecule has 1 aromatic rings. The highest BCUT2D eigenvalue weighted by molar-refractivity contribution is 5.07. The first kappa shape index (κ1) is 8.93. The van der Waals surface area contributed by atoms with Crippen LogP contribution in [0.4, 0.5) is 0 Å². The van der Waals surface area contributed by atoms with Crippen LogP contribution >= 0.6 is 0 Å². The van der Waals surface area contributed by atoms with Gasteiger partial charge in [-0.3, -0.25) is 0 Å². The summed E-state index contributed by atoms with van der Waals surface area (Å²) in [6.45, 7) is 2.92. The molecular formula is C8H12N2O2. The average molecular weight is 168 g/mol. The Labute approximate surface area is 71.6 Å². The highest BCUT2D eigenvalue weighted by atomic mass is 16.5. The van der Waals surface area contributed by atoms with Gasteiger partial charge in [-0.25, -0.2) is 4.98 Å². The van der Waals surface area contributed by atoms with E-state index in [4.69, 9.17) is 9.47 Å². The van der Waals surface area contributed by atoms with Crippen LogP contribution in [0.2, 0.25) is 0 Å². The summed E-state index contributed by atoms with van der Waals surface area (Å²) in [7, 11) is 1.63. The van der Waals surface area contributed by atoms with Gasteiger partial charge in [0.25, 0.3) is 0 Å². The minimum Gasteiger partial charge on any atom is -0.475 e. The minimum absolute atomic E-state index is 0.521. The summed E-state index contributed by atoms with van der Waals surface area (Å²) in [5.74, 6) is 1.31. The molecule has 0 saturated heterocycles. The lowest BCUT2D eigenvalue weighted by Crippen LogP contribution is -2.05. The summed E-state index contributed by atoms with van der Waals surface area (Å²) in [4.78, 5) is 8.00. The van der Waals surface area contributed by atoms with E-state index in [-0.39, 0.29) is 0 Å². The number of aromatic nitrogens is 2. The van der Waals surface area contributed by atoms with Gasteiger partial charge in [-0.1, -0.05) is 0 Å². The molecule has 0 spiro atoms. The van der Waals surface area contributed by atoms with Crippen LogP contribution in [-0.2, 0) is 4.74 Å². The van der Waals surface area contributed by atoms with Gasteiger partial charge in [-0.15, -0.1) is 0 Å². The molecule has 4 heteroatoms. The van der Waals surface area contributed by atoms with E-state index in [0.717, 1.165) is 0 Å². The van der Waals surface area contributed by atoms with E-state index < -0.39 is 0 Å². The van der Waals surface area contributed by atoms with Crippen molar-refractivity contribution in [3.63, 3.8) is 0 Å². The first-order valence-electron chi connectivity index (χ1n) is 3.74. The fourth-order valence-electron chi connectivity index (χ4n) is 0.744. The molecule has 0 saturated carbocycles. The number of aryl methyl sites for hydroxylation is 1. The van der Waals surface area contributed by atoms with Gasteiger partial charge in [0.15, 0.2) is 0 Å². The fourth-order valence-corrected chi connectivity index (χ4v) is 0.744. The molecular weight excluding hydrogens is 156 g/mol. The monoisotopic (exact) mass is 168 g/mol.